The second-order valence-electron chi connectivity index (χ2n) is 7.16. The molecule has 148 valence electrons. The Morgan fingerprint density at radius 2 is 1.79 bits per heavy atom. The summed E-state index contributed by atoms with van der Waals surface area (Å²) < 4.78 is 23.5. The second-order valence-corrected chi connectivity index (χ2v) is 7.16. The quantitative estimate of drug-likeness (QED) is 0.306. The SMILES string of the molecule is COC(=O)C(=O)CC(=O)c1oc(C2CCCCC2)cc1Cc1ccc(F)cc1. The van der Waals surface area contributed by atoms with E-state index in [9.17, 15) is 18.8 Å². The number of Topliss-reactive ketones (excluding diaryl/α,β-unsaturated/α-hetero) is 2. The van der Waals surface area contributed by atoms with Gasteiger partial charge in [0.1, 0.15) is 11.6 Å². The summed E-state index contributed by atoms with van der Waals surface area (Å²) in [5, 5.41) is 0. The van der Waals surface area contributed by atoms with Crippen molar-refractivity contribution < 1.29 is 27.9 Å². The molecule has 1 aromatic carbocycles. The number of benzene rings is 1. The van der Waals surface area contributed by atoms with E-state index in [-0.39, 0.29) is 17.5 Å². The molecule has 1 aliphatic rings. The first-order valence-corrected chi connectivity index (χ1v) is 9.49. The zero-order valence-corrected chi connectivity index (χ0v) is 15.8. The van der Waals surface area contributed by atoms with Crippen LogP contribution >= 0.6 is 0 Å². The molecule has 6 heteroatoms. The molecule has 0 bridgehead atoms. The zero-order valence-electron chi connectivity index (χ0n) is 15.8. The van der Waals surface area contributed by atoms with E-state index in [0.29, 0.717) is 12.0 Å². The van der Waals surface area contributed by atoms with Gasteiger partial charge in [-0.25, -0.2) is 9.18 Å². The summed E-state index contributed by atoms with van der Waals surface area (Å²) in [7, 11) is 1.10. The van der Waals surface area contributed by atoms with Crippen LogP contribution in [-0.2, 0) is 20.7 Å². The molecule has 0 atom stereocenters. The van der Waals surface area contributed by atoms with Crippen LogP contribution in [0.3, 0.4) is 0 Å². The first-order chi connectivity index (χ1) is 13.5. The summed E-state index contributed by atoms with van der Waals surface area (Å²) in [5.41, 5.74) is 1.47. The highest BCUT2D eigenvalue weighted by atomic mass is 19.1. The highest BCUT2D eigenvalue weighted by Gasteiger charge is 2.27. The topological polar surface area (TPSA) is 73.6 Å². The molecule has 5 nitrogen and oxygen atoms in total. The van der Waals surface area contributed by atoms with Crippen LogP contribution in [0.15, 0.2) is 34.7 Å². The summed E-state index contributed by atoms with van der Waals surface area (Å²) in [5.74, 6) is -1.75. The Hall–Kier alpha value is -2.76. The highest BCUT2D eigenvalue weighted by molar-refractivity contribution is 6.38. The molecule has 1 aromatic heterocycles. The van der Waals surface area contributed by atoms with E-state index in [0.717, 1.165) is 44.1 Å². The Morgan fingerprint density at radius 3 is 2.43 bits per heavy atom. The number of rotatable bonds is 7. The maximum Gasteiger partial charge on any atom is 0.374 e. The van der Waals surface area contributed by atoms with Gasteiger partial charge in [-0.2, -0.15) is 0 Å². The van der Waals surface area contributed by atoms with E-state index >= 15 is 0 Å². The average Bonchev–Trinajstić information content (AvgIpc) is 3.13. The third-order valence-corrected chi connectivity index (χ3v) is 5.13. The van der Waals surface area contributed by atoms with Crippen molar-refractivity contribution in [2.24, 2.45) is 0 Å². The second kappa shape index (κ2) is 8.95. The molecule has 0 amide bonds. The van der Waals surface area contributed by atoms with Crippen molar-refractivity contribution in [2.45, 2.75) is 50.9 Å². The summed E-state index contributed by atoms with van der Waals surface area (Å²) in [6, 6.07) is 7.89. The molecule has 0 unspecified atom stereocenters. The molecule has 3 rings (SSSR count). The molecular formula is C22H23FO5. The van der Waals surface area contributed by atoms with Gasteiger partial charge in [-0.1, -0.05) is 31.4 Å². The lowest BCUT2D eigenvalue weighted by Gasteiger charge is -2.19. The predicted octanol–water partition coefficient (Wildman–Crippen LogP) is 4.37. The number of hydrogen-bond donors (Lipinski definition) is 0. The number of carbonyl (C=O) groups excluding carboxylic acids is 3. The zero-order chi connectivity index (χ0) is 20.1. The molecular weight excluding hydrogens is 363 g/mol. The predicted molar refractivity (Wildman–Crippen MR) is 99.7 cm³/mol. The normalized spacial score (nSPS) is 14.6. The van der Waals surface area contributed by atoms with Gasteiger partial charge >= 0.3 is 5.97 Å². The smallest absolute Gasteiger partial charge is 0.374 e. The Bertz CT molecular complexity index is 860. The summed E-state index contributed by atoms with van der Waals surface area (Å²) in [4.78, 5) is 35.8. The average molecular weight is 386 g/mol. The number of furan rings is 1. The van der Waals surface area contributed by atoms with Gasteiger partial charge in [-0.3, -0.25) is 9.59 Å². The van der Waals surface area contributed by atoms with Gasteiger partial charge in [-0.15, -0.1) is 0 Å². The number of halogens is 1. The Morgan fingerprint density at radius 1 is 1.11 bits per heavy atom. The Kier molecular flexibility index (Phi) is 6.39. The van der Waals surface area contributed by atoms with Crippen LogP contribution in [0.2, 0.25) is 0 Å². The van der Waals surface area contributed by atoms with Gasteiger partial charge in [0.05, 0.1) is 13.5 Å². The standard InChI is InChI=1S/C22H23FO5/c1-27-22(26)19(25)13-18(24)21-16(11-14-7-9-17(23)10-8-14)12-20(28-21)15-5-3-2-4-6-15/h7-10,12,15H,2-6,11,13H2,1H3. The third kappa shape index (κ3) is 4.74. The molecule has 1 aliphatic carbocycles. The highest BCUT2D eigenvalue weighted by Crippen LogP contribution is 2.35. The van der Waals surface area contributed by atoms with Crippen molar-refractivity contribution >= 4 is 17.5 Å². The van der Waals surface area contributed by atoms with Gasteiger partial charge in [0.2, 0.25) is 11.6 Å². The van der Waals surface area contributed by atoms with Gasteiger partial charge in [0.25, 0.3) is 0 Å². The molecule has 0 aliphatic heterocycles. The number of carbonyl (C=O) groups is 3. The van der Waals surface area contributed by atoms with Gasteiger partial charge in [0, 0.05) is 17.9 Å². The fourth-order valence-corrected chi connectivity index (χ4v) is 3.64. The minimum absolute atomic E-state index is 0.0992. The molecule has 0 N–H and O–H groups in total. The number of esters is 1. The first kappa shape index (κ1) is 20.0. The van der Waals surface area contributed by atoms with E-state index in [2.05, 4.69) is 4.74 Å². The van der Waals surface area contributed by atoms with Crippen molar-refractivity contribution in [2.75, 3.05) is 7.11 Å². The molecule has 0 radical (unpaired) electrons. The van der Waals surface area contributed by atoms with Gasteiger partial charge < -0.3 is 9.15 Å². The van der Waals surface area contributed by atoms with Crippen molar-refractivity contribution in [1.82, 2.24) is 0 Å². The van der Waals surface area contributed by atoms with E-state index in [1.165, 1.54) is 18.6 Å². The monoisotopic (exact) mass is 386 g/mol. The maximum absolute atomic E-state index is 13.2. The molecule has 1 saturated carbocycles. The van der Waals surface area contributed by atoms with Crippen LogP contribution in [0, 0.1) is 5.82 Å². The van der Waals surface area contributed by atoms with E-state index in [4.69, 9.17) is 4.42 Å². The van der Waals surface area contributed by atoms with Crippen LogP contribution in [0.4, 0.5) is 4.39 Å². The number of ether oxygens (including phenoxy) is 1. The van der Waals surface area contributed by atoms with Gasteiger partial charge in [-0.05, 0) is 36.6 Å². The lowest BCUT2D eigenvalue weighted by Crippen LogP contribution is -2.19. The molecule has 0 saturated heterocycles. The van der Waals surface area contributed by atoms with E-state index < -0.39 is 24.0 Å². The minimum Gasteiger partial charge on any atom is -0.463 e. The van der Waals surface area contributed by atoms with E-state index in [1.807, 2.05) is 6.07 Å². The minimum atomic E-state index is -1.05. The first-order valence-electron chi connectivity index (χ1n) is 9.49. The van der Waals surface area contributed by atoms with Crippen LogP contribution in [0.1, 0.15) is 71.9 Å². The lowest BCUT2D eigenvalue weighted by atomic mass is 9.87. The number of ketones is 2. The van der Waals surface area contributed by atoms with Gasteiger partial charge in [0.15, 0.2) is 5.76 Å². The van der Waals surface area contributed by atoms with Crippen molar-refractivity contribution in [3.8, 4) is 0 Å². The maximum atomic E-state index is 13.2. The number of hydrogen-bond acceptors (Lipinski definition) is 5. The molecule has 1 fully saturated rings. The molecule has 28 heavy (non-hydrogen) atoms. The summed E-state index contributed by atoms with van der Waals surface area (Å²) in [6.07, 6.45) is 5.20. The van der Waals surface area contributed by atoms with Crippen molar-refractivity contribution in [3.05, 3.63) is 58.8 Å². The van der Waals surface area contributed by atoms with Crippen molar-refractivity contribution in [3.63, 3.8) is 0 Å². The van der Waals surface area contributed by atoms with Crippen LogP contribution in [0.25, 0.3) is 0 Å². The molecule has 2 aromatic rings. The Balaban J connectivity index is 1.87. The third-order valence-electron chi connectivity index (χ3n) is 5.13. The lowest BCUT2D eigenvalue weighted by molar-refractivity contribution is -0.151. The molecule has 1 heterocycles. The summed E-state index contributed by atoms with van der Waals surface area (Å²) >= 11 is 0. The van der Waals surface area contributed by atoms with Crippen LogP contribution < -0.4 is 0 Å². The van der Waals surface area contributed by atoms with E-state index in [1.54, 1.807) is 12.1 Å². The Labute approximate surface area is 162 Å². The fraction of sp³-hybridized carbons (Fsp3) is 0.409. The molecule has 0 spiro atoms. The fourth-order valence-electron chi connectivity index (χ4n) is 3.64. The largest absolute Gasteiger partial charge is 0.463 e. The van der Waals surface area contributed by atoms with Crippen LogP contribution in [-0.4, -0.2) is 24.6 Å². The summed E-state index contributed by atoms with van der Waals surface area (Å²) in [6.45, 7) is 0. The van der Waals surface area contributed by atoms with Crippen LogP contribution in [0.5, 0.6) is 0 Å². The van der Waals surface area contributed by atoms with Crippen molar-refractivity contribution in [1.29, 1.82) is 0 Å². The number of methoxy groups -OCH3 is 1.